The van der Waals surface area contributed by atoms with Crippen LogP contribution in [0.3, 0.4) is 0 Å². The number of hydrogen-bond acceptors (Lipinski definition) is 5. The third-order valence-electron chi connectivity index (χ3n) is 2.07. The van der Waals surface area contributed by atoms with E-state index in [1.54, 1.807) is 0 Å². The lowest BCUT2D eigenvalue weighted by molar-refractivity contribution is -0.210. The molecule has 0 bridgehead atoms. The highest BCUT2D eigenvalue weighted by atomic mass is 16.7. The second-order valence-electron chi connectivity index (χ2n) is 2.98. The molecule has 11 heavy (non-hydrogen) atoms. The van der Waals surface area contributed by atoms with Crippen LogP contribution in [0.1, 0.15) is 0 Å². The van der Waals surface area contributed by atoms with Gasteiger partial charge in [-0.25, -0.2) is 0 Å². The minimum absolute atomic E-state index is 0.109. The van der Waals surface area contributed by atoms with Crippen LogP contribution in [0.25, 0.3) is 0 Å². The van der Waals surface area contributed by atoms with Crippen molar-refractivity contribution in [3.05, 3.63) is 0 Å². The van der Waals surface area contributed by atoms with Crippen molar-refractivity contribution in [3.63, 3.8) is 0 Å². The maximum atomic E-state index is 9.18. The summed E-state index contributed by atoms with van der Waals surface area (Å²) in [5.74, 6) is -1.93. The van der Waals surface area contributed by atoms with E-state index in [1.807, 2.05) is 0 Å². The highest BCUT2D eigenvalue weighted by molar-refractivity contribution is 4.97. The standard InChI is InChI=1S/C6H10O5/c7-3-1-10-5-4(3)11-2-6(5,8)9/h3-5,7-9H,1-2H2/t3-,4?,5-/m0/s1. The Hall–Kier alpha value is -0.200. The normalized spacial score (nSPS) is 47.7. The first-order valence-electron chi connectivity index (χ1n) is 3.47. The molecule has 64 valence electrons. The fraction of sp³-hybridized carbons (Fsp3) is 1.00. The molecule has 2 heterocycles. The molecule has 0 aromatic heterocycles. The smallest absolute Gasteiger partial charge is 0.216 e. The van der Waals surface area contributed by atoms with Gasteiger partial charge >= 0.3 is 0 Å². The van der Waals surface area contributed by atoms with Crippen LogP contribution in [-0.4, -0.2) is 52.6 Å². The minimum Gasteiger partial charge on any atom is -0.388 e. The second kappa shape index (κ2) is 2.15. The number of fused-ring (bicyclic) bond motifs is 1. The summed E-state index contributed by atoms with van der Waals surface area (Å²) in [7, 11) is 0. The monoisotopic (exact) mass is 162 g/mol. The van der Waals surface area contributed by atoms with Crippen LogP contribution in [0.5, 0.6) is 0 Å². The van der Waals surface area contributed by atoms with Crippen molar-refractivity contribution < 1.29 is 24.8 Å². The molecule has 0 saturated carbocycles. The molecule has 0 aliphatic carbocycles. The Labute approximate surface area is 63.2 Å². The molecule has 1 unspecified atom stereocenters. The van der Waals surface area contributed by atoms with E-state index < -0.39 is 24.1 Å². The van der Waals surface area contributed by atoms with E-state index in [0.717, 1.165) is 0 Å². The first-order valence-corrected chi connectivity index (χ1v) is 3.47. The lowest BCUT2D eigenvalue weighted by atomic mass is 10.1. The predicted molar refractivity (Wildman–Crippen MR) is 32.7 cm³/mol. The van der Waals surface area contributed by atoms with Crippen LogP contribution in [-0.2, 0) is 9.47 Å². The van der Waals surface area contributed by atoms with Gasteiger partial charge in [0.15, 0.2) is 0 Å². The molecule has 5 nitrogen and oxygen atoms in total. The fourth-order valence-electron chi connectivity index (χ4n) is 1.49. The van der Waals surface area contributed by atoms with Gasteiger partial charge in [0, 0.05) is 0 Å². The zero-order valence-electron chi connectivity index (χ0n) is 5.80. The van der Waals surface area contributed by atoms with E-state index in [-0.39, 0.29) is 13.2 Å². The molecule has 2 aliphatic heterocycles. The Morgan fingerprint density at radius 3 is 2.64 bits per heavy atom. The van der Waals surface area contributed by atoms with E-state index in [9.17, 15) is 10.2 Å². The van der Waals surface area contributed by atoms with Crippen molar-refractivity contribution in [3.8, 4) is 0 Å². The van der Waals surface area contributed by atoms with Gasteiger partial charge in [-0.3, -0.25) is 0 Å². The molecule has 5 heteroatoms. The number of rotatable bonds is 0. The highest BCUT2D eigenvalue weighted by Gasteiger charge is 2.55. The number of aliphatic hydroxyl groups excluding tert-OH is 1. The molecule has 2 rings (SSSR count). The number of hydrogen-bond donors (Lipinski definition) is 3. The molecule has 0 aromatic carbocycles. The zero-order chi connectivity index (χ0) is 8.06. The summed E-state index contributed by atoms with van der Waals surface area (Å²) in [6, 6.07) is 0. The van der Waals surface area contributed by atoms with E-state index in [4.69, 9.17) is 14.6 Å². The molecule has 0 spiro atoms. The Kier molecular flexibility index (Phi) is 1.45. The number of aliphatic hydroxyl groups is 3. The van der Waals surface area contributed by atoms with Crippen LogP contribution in [0.4, 0.5) is 0 Å². The van der Waals surface area contributed by atoms with E-state index >= 15 is 0 Å². The minimum atomic E-state index is -1.93. The summed E-state index contributed by atoms with van der Waals surface area (Å²) in [4.78, 5) is 0. The quantitative estimate of drug-likeness (QED) is 0.353. The van der Waals surface area contributed by atoms with Gasteiger partial charge in [-0.05, 0) is 0 Å². The Balaban J connectivity index is 2.17. The molecule has 2 fully saturated rings. The summed E-state index contributed by atoms with van der Waals surface area (Å²) >= 11 is 0. The van der Waals surface area contributed by atoms with Crippen molar-refractivity contribution in [1.82, 2.24) is 0 Å². The van der Waals surface area contributed by atoms with Crippen LogP contribution in [0, 0.1) is 0 Å². The van der Waals surface area contributed by atoms with Gasteiger partial charge in [-0.15, -0.1) is 0 Å². The molecule has 2 saturated heterocycles. The predicted octanol–water partition coefficient (Wildman–Crippen LogP) is -2.17. The summed E-state index contributed by atoms with van der Waals surface area (Å²) in [6.45, 7) is -0.0857. The molecule has 0 aromatic rings. The van der Waals surface area contributed by atoms with Gasteiger partial charge < -0.3 is 24.8 Å². The van der Waals surface area contributed by atoms with Gasteiger partial charge in [-0.1, -0.05) is 0 Å². The Morgan fingerprint density at radius 2 is 2.00 bits per heavy atom. The highest BCUT2D eigenvalue weighted by Crippen LogP contribution is 2.32. The molecular formula is C6H10O5. The fourth-order valence-corrected chi connectivity index (χ4v) is 1.49. The molecule has 0 radical (unpaired) electrons. The van der Waals surface area contributed by atoms with Crippen molar-refractivity contribution in [2.75, 3.05) is 13.2 Å². The molecule has 3 atom stereocenters. The van der Waals surface area contributed by atoms with Crippen molar-refractivity contribution in [2.45, 2.75) is 24.1 Å². The van der Waals surface area contributed by atoms with Crippen LogP contribution >= 0.6 is 0 Å². The second-order valence-corrected chi connectivity index (χ2v) is 2.98. The van der Waals surface area contributed by atoms with E-state index in [2.05, 4.69) is 0 Å². The van der Waals surface area contributed by atoms with Gasteiger partial charge in [0.1, 0.15) is 24.9 Å². The maximum absolute atomic E-state index is 9.18. The van der Waals surface area contributed by atoms with Crippen molar-refractivity contribution in [1.29, 1.82) is 0 Å². The SMILES string of the molecule is O[C@H]1CO[C@H]2C1OCC2(O)O. The van der Waals surface area contributed by atoms with Gasteiger partial charge in [0.25, 0.3) is 0 Å². The van der Waals surface area contributed by atoms with Crippen LogP contribution in [0.15, 0.2) is 0 Å². The van der Waals surface area contributed by atoms with Crippen LogP contribution in [0.2, 0.25) is 0 Å². The molecular weight excluding hydrogens is 152 g/mol. The summed E-state index contributed by atoms with van der Waals surface area (Å²) in [6.07, 6.45) is -2.11. The topological polar surface area (TPSA) is 79.2 Å². The summed E-state index contributed by atoms with van der Waals surface area (Å²) < 4.78 is 9.86. The average molecular weight is 162 g/mol. The lowest BCUT2D eigenvalue weighted by Crippen LogP contribution is -2.43. The van der Waals surface area contributed by atoms with Crippen molar-refractivity contribution >= 4 is 0 Å². The lowest BCUT2D eigenvalue weighted by Gasteiger charge is -2.18. The third kappa shape index (κ3) is 0.969. The third-order valence-corrected chi connectivity index (χ3v) is 2.07. The summed E-state index contributed by atoms with van der Waals surface area (Å²) in [5.41, 5.74) is 0. The average Bonchev–Trinajstić information content (AvgIpc) is 2.39. The first kappa shape index (κ1) is 7.45. The largest absolute Gasteiger partial charge is 0.388 e. The van der Waals surface area contributed by atoms with Gasteiger partial charge in [0.05, 0.1) is 6.61 Å². The molecule has 3 N–H and O–H groups in total. The van der Waals surface area contributed by atoms with E-state index in [1.165, 1.54) is 0 Å². The maximum Gasteiger partial charge on any atom is 0.216 e. The molecule has 0 amide bonds. The van der Waals surface area contributed by atoms with Gasteiger partial charge in [0.2, 0.25) is 5.79 Å². The Morgan fingerprint density at radius 1 is 1.27 bits per heavy atom. The summed E-state index contributed by atoms with van der Waals surface area (Å²) in [5, 5.41) is 27.5. The first-order chi connectivity index (χ1) is 5.11. The van der Waals surface area contributed by atoms with Crippen LogP contribution < -0.4 is 0 Å². The molecule has 2 aliphatic rings. The number of ether oxygens (including phenoxy) is 2. The Bertz CT molecular complexity index is 168. The van der Waals surface area contributed by atoms with Crippen molar-refractivity contribution in [2.24, 2.45) is 0 Å². The van der Waals surface area contributed by atoms with E-state index in [0.29, 0.717) is 0 Å². The van der Waals surface area contributed by atoms with Gasteiger partial charge in [-0.2, -0.15) is 0 Å². The zero-order valence-corrected chi connectivity index (χ0v) is 5.80.